The maximum absolute atomic E-state index is 13.1. The number of methoxy groups -OCH3 is 1. The number of fused-ring (bicyclic) bond motifs is 2. The molecule has 42 heavy (non-hydrogen) atoms. The molecule has 1 aromatic rings. The summed E-state index contributed by atoms with van der Waals surface area (Å²) in [5.41, 5.74) is 1.32. The molecule has 2 fully saturated rings. The summed E-state index contributed by atoms with van der Waals surface area (Å²) in [7, 11) is 1.65. The van der Waals surface area contributed by atoms with Gasteiger partial charge in [-0.2, -0.15) is 0 Å². The Bertz CT molecular complexity index is 1190. The minimum Gasteiger partial charge on any atom is -0.508 e. The van der Waals surface area contributed by atoms with E-state index >= 15 is 0 Å². The van der Waals surface area contributed by atoms with Gasteiger partial charge in [0, 0.05) is 22.9 Å². The fourth-order valence-electron chi connectivity index (χ4n) is 6.62. The Kier molecular flexibility index (Phi) is 10.0. The maximum Gasteiger partial charge on any atom is 0.313 e. The van der Waals surface area contributed by atoms with Crippen LogP contribution in [0.2, 0.25) is 0 Å². The molecule has 8 unspecified atom stereocenters. The standard InChI is InChI=1S/C32H45BrO9/c1-17(8-11-24(38-7)22-12-21(35)9-10-23(22)33)30-19(3)27-16-32(42-30)31(5,6)15-18(2)25(41-32)13-28(36)39-26(20(4)34)14-29(37)40-27/h9-10,12,17,19-20,24,26-27,30,34-35H,8,11,13-16H2,1-7H3. The lowest BCUT2D eigenvalue weighted by molar-refractivity contribution is -0.352. The van der Waals surface area contributed by atoms with Crippen molar-refractivity contribution >= 4 is 27.9 Å². The predicted octanol–water partition coefficient (Wildman–Crippen LogP) is 6.10. The molecule has 0 radical (unpaired) electrons. The third kappa shape index (κ3) is 6.82. The van der Waals surface area contributed by atoms with Gasteiger partial charge in [0.2, 0.25) is 5.79 Å². The average Bonchev–Trinajstić information content (AvgIpc) is 2.90. The number of carbonyl (C=O) groups is 2. The van der Waals surface area contributed by atoms with Crippen molar-refractivity contribution in [3.63, 3.8) is 0 Å². The van der Waals surface area contributed by atoms with Gasteiger partial charge < -0.3 is 33.9 Å². The molecule has 9 nitrogen and oxygen atoms in total. The van der Waals surface area contributed by atoms with Crippen LogP contribution in [0.25, 0.3) is 0 Å². The highest BCUT2D eigenvalue weighted by atomic mass is 79.9. The van der Waals surface area contributed by atoms with E-state index in [1.54, 1.807) is 25.3 Å². The number of esters is 2. The van der Waals surface area contributed by atoms with Gasteiger partial charge >= 0.3 is 11.9 Å². The zero-order chi connectivity index (χ0) is 31.0. The monoisotopic (exact) mass is 652 g/mol. The average molecular weight is 654 g/mol. The number of phenols is 1. The van der Waals surface area contributed by atoms with E-state index in [1.807, 2.05) is 13.8 Å². The van der Waals surface area contributed by atoms with Crippen LogP contribution in [0.15, 0.2) is 34.0 Å². The van der Waals surface area contributed by atoms with E-state index in [0.29, 0.717) is 25.0 Å². The number of aromatic hydroxyl groups is 1. The third-order valence-electron chi connectivity index (χ3n) is 9.24. The molecule has 1 spiro atoms. The van der Waals surface area contributed by atoms with Crippen molar-refractivity contribution in [2.75, 3.05) is 7.11 Å². The lowest BCUT2D eigenvalue weighted by atomic mass is 9.69. The van der Waals surface area contributed by atoms with Gasteiger partial charge in [-0.15, -0.1) is 0 Å². The second kappa shape index (κ2) is 12.8. The van der Waals surface area contributed by atoms with Gasteiger partial charge in [-0.05, 0) is 68.4 Å². The molecule has 1 aromatic carbocycles. The minimum atomic E-state index is -1.13. The number of allylic oxidation sites excluding steroid dienone is 1. The van der Waals surface area contributed by atoms with Crippen LogP contribution in [-0.2, 0) is 33.3 Å². The number of hydrogen-bond donors (Lipinski definition) is 2. The molecule has 2 saturated heterocycles. The van der Waals surface area contributed by atoms with E-state index in [-0.39, 0.29) is 42.6 Å². The summed E-state index contributed by atoms with van der Waals surface area (Å²) >= 11 is 3.57. The number of aliphatic hydroxyl groups excluding tert-OH is 1. The third-order valence-corrected chi connectivity index (χ3v) is 9.96. The molecule has 10 heteroatoms. The Hall–Kier alpha value is -2.14. The molecule has 4 rings (SSSR count). The van der Waals surface area contributed by atoms with E-state index in [2.05, 4.69) is 36.7 Å². The number of phenolic OH excluding ortho intramolecular Hbond substituents is 1. The second-order valence-corrected chi connectivity index (χ2v) is 13.8. The molecule has 0 aromatic heterocycles. The number of carbonyl (C=O) groups excluding carboxylic acids is 2. The highest BCUT2D eigenvalue weighted by Crippen LogP contribution is 2.54. The summed E-state index contributed by atoms with van der Waals surface area (Å²) in [6.07, 6.45) is -1.16. The van der Waals surface area contributed by atoms with Crippen molar-refractivity contribution in [2.24, 2.45) is 17.3 Å². The number of hydrogen-bond acceptors (Lipinski definition) is 9. The number of benzene rings is 1. The highest BCUT2D eigenvalue weighted by molar-refractivity contribution is 9.10. The summed E-state index contributed by atoms with van der Waals surface area (Å²) < 4.78 is 31.9. The first kappa shape index (κ1) is 32.8. The van der Waals surface area contributed by atoms with Crippen LogP contribution in [0.5, 0.6) is 5.75 Å². The lowest BCUT2D eigenvalue weighted by Crippen LogP contribution is -2.62. The van der Waals surface area contributed by atoms with Gasteiger partial charge in [-0.3, -0.25) is 9.59 Å². The topological polar surface area (TPSA) is 121 Å². The Labute approximate surface area is 257 Å². The molecule has 0 aliphatic carbocycles. The smallest absolute Gasteiger partial charge is 0.313 e. The van der Waals surface area contributed by atoms with Crippen molar-refractivity contribution < 1.29 is 43.5 Å². The van der Waals surface area contributed by atoms with Gasteiger partial charge in [-0.1, -0.05) is 43.6 Å². The van der Waals surface area contributed by atoms with Crippen LogP contribution < -0.4 is 0 Å². The molecule has 3 heterocycles. The summed E-state index contributed by atoms with van der Waals surface area (Å²) in [6, 6.07) is 5.13. The zero-order valence-electron chi connectivity index (χ0n) is 25.6. The minimum absolute atomic E-state index is 0.0186. The molecule has 0 amide bonds. The summed E-state index contributed by atoms with van der Waals surface area (Å²) in [6.45, 7) is 11.7. The molecule has 0 saturated carbocycles. The van der Waals surface area contributed by atoms with Crippen LogP contribution in [0, 0.1) is 17.3 Å². The number of rotatable bonds is 7. The van der Waals surface area contributed by atoms with E-state index in [1.165, 1.54) is 6.92 Å². The fraction of sp³-hybridized carbons (Fsp3) is 0.688. The quantitative estimate of drug-likeness (QED) is 0.337. The van der Waals surface area contributed by atoms with Crippen molar-refractivity contribution in [1.29, 1.82) is 0 Å². The van der Waals surface area contributed by atoms with Crippen LogP contribution in [-0.4, -0.2) is 59.5 Å². The zero-order valence-corrected chi connectivity index (χ0v) is 27.2. The van der Waals surface area contributed by atoms with Crippen LogP contribution >= 0.6 is 15.9 Å². The Balaban J connectivity index is 1.65. The molecule has 3 aliphatic heterocycles. The number of aliphatic hydroxyl groups is 1. The second-order valence-electron chi connectivity index (χ2n) is 12.9. The molecule has 3 bridgehead atoms. The van der Waals surface area contributed by atoms with Gasteiger partial charge in [0.1, 0.15) is 30.1 Å². The number of ether oxygens (including phenoxy) is 5. The SMILES string of the molecule is COC(CCC(C)C1OC23CC(OC(=O)CC(C(C)O)OC(=O)CC(=C(C)CC2(C)C)O3)C1C)c1cc(O)ccc1Br. The normalized spacial score (nSPS) is 31.9. The predicted molar refractivity (Wildman–Crippen MR) is 158 cm³/mol. The van der Waals surface area contributed by atoms with Crippen molar-refractivity contribution in [3.05, 3.63) is 39.6 Å². The van der Waals surface area contributed by atoms with Crippen molar-refractivity contribution in [1.82, 2.24) is 0 Å². The van der Waals surface area contributed by atoms with Crippen LogP contribution in [0.1, 0.15) is 91.7 Å². The first-order valence-corrected chi connectivity index (χ1v) is 15.6. The van der Waals surface area contributed by atoms with Crippen molar-refractivity contribution in [3.8, 4) is 5.75 Å². The first-order chi connectivity index (χ1) is 19.7. The van der Waals surface area contributed by atoms with E-state index in [4.69, 9.17) is 23.7 Å². The van der Waals surface area contributed by atoms with E-state index < -0.39 is 41.5 Å². The molecule has 2 N–H and O–H groups in total. The van der Waals surface area contributed by atoms with Gasteiger partial charge in [0.25, 0.3) is 0 Å². The fourth-order valence-corrected chi connectivity index (χ4v) is 7.12. The van der Waals surface area contributed by atoms with Gasteiger partial charge in [0.05, 0.1) is 31.2 Å². The number of halogens is 1. The molecule has 234 valence electrons. The first-order valence-electron chi connectivity index (χ1n) is 14.8. The van der Waals surface area contributed by atoms with Gasteiger partial charge in [-0.25, -0.2) is 0 Å². The van der Waals surface area contributed by atoms with E-state index in [9.17, 15) is 19.8 Å². The highest BCUT2D eigenvalue weighted by Gasteiger charge is 2.60. The van der Waals surface area contributed by atoms with E-state index in [0.717, 1.165) is 22.0 Å². The summed E-state index contributed by atoms with van der Waals surface area (Å²) in [5, 5.41) is 20.3. The summed E-state index contributed by atoms with van der Waals surface area (Å²) in [5.74, 6) is -1.71. The largest absolute Gasteiger partial charge is 0.508 e. The van der Waals surface area contributed by atoms with Crippen molar-refractivity contribution in [2.45, 2.75) is 116 Å². The molecular weight excluding hydrogens is 608 g/mol. The number of cyclic esters (lactones) is 1. The van der Waals surface area contributed by atoms with Gasteiger partial charge in [0.15, 0.2) is 0 Å². The maximum atomic E-state index is 13.1. The van der Waals surface area contributed by atoms with Crippen LogP contribution in [0.4, 0.5) is 0 Å². The molecular formula is C32H45BrO9. The molecule has 8 atom stereocenters. The Morgan fingerprint density at radius 2 is 1.86 bits per heavy atom. The Morgan fingerprint density at radius 3 is 2.52 bits per heavy atom. The Morgan fingerprint density at radius 1 is 1.14 bits per heavy atom. The summed E-state index contributed by atoms with van der Waals surface area (Å²) in [4.78, 5) is 26.0. The van der Waals surface area contributed by atoms with Crippen LogP contribution in [0.3, 0.4) is 0 Å². The molecule has 3 aliphatic rings. The lowest BCUT2D eigenvalue weighted by Gasteiger charge is -2.57.